The summed E-state index contributed by atoms with van der Waals surface area (Å²) in [5, 5.41) is 0.368. The molecule has 1 fully saturated rings. The summed E-state index contributed by atoms with van der Waals surface area (Å²) >= 11 is 1.17. The van der Waals surface area contributed by atoms with E-state index in [0.29, 0.717) is 38.6 Å². The molecule has 1 aliphatic carbocycles. The molecule has 0 atom stereocenters. The van der Waals surface area contributed by atoms with Crippen molar-refractivity contribution in [2.75, 3.05) is 6.61 Å². The monoisotopic (exact) mass is 454 g/mol. The smallest absolute Gasteiger partial charge is 0.348 e. The third kappa shape index (κ3) is 4.60. The SMILES string of the molecule is CCOc1ccc(C(=O)Cn2cnc3sc(C(=O)OC4CCCCC4)c(C)c3c2=O)cc1. The fraction of sp³-hybridized carbons (Fsp3) is 0.417. The van der Waals surface area contributed by atoms with Crippen LogP contribution in [0.1, 0.15) is 64.6 Å². The molecule has 0 aliphatic heterocycles. The van der Waals surface area contributed by atoms with Crippen molar-refractivity contribution >= 4 is 33.3 Å². The molecule has 0 amide bonds. The summed E-state index contributed by atoms with van der Waals surface area (Å²) in [6.45, 7) is 4.04. The summed E-state index contributed by atoms with van der Waals surface area (Å²) in [6.07, 6.45) is 6.38. The zero-order valence-corrected chi connectivity index (χ0v) is 19.1. The second-order valence-corrected chi connectivity index (χ2v) is 8.96. The molecule has 0 bridgehead atoms. The molecular weight excluding hydrogens is 428 g/mol. The van der Waals surface area contributed by atoms with E-state index in [0.717, 1.165) is 25.7 Å². The van der Waals surface area contributed by atoms with Crippen molar-refractivity contribution in [2.45, 2.75) is 58.6 Å². The van der Waals surface area contributed by atoms with Crippen LogP contribution in [0.25, 0.3) is 10.2 Å². The number of thiophene rings is 1. The quantitative estimate of drug-likeness (QED) is 0.385. The van der Waals surface area contributed by atoms with Gasteiger partial charge in [-0.2, -0.15) is 0 Å². The summed E-state index contributed by atoms with van der Waals surface area (Å²) in [5.74, 6) is 0.0840. The molecule has 4 rings (SSSR count). The Hall–Kier alpha value is -3.00. The van der Waals surface area contributed by atoms with Crippen molar-refractivity contribution in [3.8, 4) is 5.75 Å². The lowest BCUT2D eigenvalue weighted by Crippen LogP contribution is -2.24. The van der Waals surface area contributed by atoms with Gasteiger partial charge in [-0.25, -0.2) is 9.78 Å². The van der Waals surface area contributed by atoms with Gasteiger partial charge in [0.05, 0.1) is 24.9 Å². The fourth-order valence-corrected chi connectivity index (χ4v) is 5.03. The van der Waals surface area contributed by atoms with Gasteiger partial charge in [-0.15, -0.1) is 11.3 Å². The Morgan fingerprint density at radius 3 is 2.56 bits per heavy atom. The highest BCUT2D eigenvalue weighted by atomic mass is 32.1. The first kappa shape index (κ1) is 22.2. The van der Waals surface area contributed by atoms with Gasteiger partial charge >= 0.3 is 5.97 Å². The highest BCUT2D eigenvalue weighted by Gasteiger charge is 2.24. The number of aromatic nitrogens is 2. The van der Waals surface area contributed by atoms with E-state index in [9.17, 15) is 14.4 Å². The first-order valence-corrected chi connectivity index (χ1v) is 11.7. The van der Waals surface area contributed by atoms with Crippen LogP contribution < -0.4 is 10.3 Å². The number of rotatable bonds is 7. The van der Waals surface area contributed by atoms with E-state index in [1.165, 1.54) is 28.7 Å². The molecule has 2 aromatic heterocycles. The zero-order valence-electron chi connectivity index (χ0n) is 18.3. The summed E-state index contributed by atoms with van der Waals surface area (Å²) in [4.78, 5) is 43.7. The molecule has 168 valence electrons. The lowest BCUT2D eigenvalue weighted by atomic mass is 9.98. The predicted octanol–water partition coefficient (Wildman–Crippen LogP) is 4.54. The molecule has 1 aromatic carbocycles. The maximum Gasteiger partial charge on any atom is 0.348 e. The lowest BCUT2D eigenvalue weighted by molar-refractivity contribution is 0.0216. The molecule has 0 spiro atoms. The number of aryl methyl sites for hydroxylation is 1. The first-order valence-electron chi connectivity index (χ1n) is 10.9. The van der Waals surface area contributed by atoms with Crippen LogP contribution in [0, 0.1) is 6.92 Å². The molecule has 0 saturated heterocycles. The van der Waals surface area contributed by atoms with Crippen LogP contribution in [0.4, 0.5) is 0 Å². The summed E-state index contributed by atoms with van der Waals surface area (Å²) < 4.78 is 12.4. The number of nitrogens with zero attached hydrogens (tertiary/aromatic N) is 2. The molecule has 3 aromatic rings. The molecule has 0 unspecified atom stereocenters. The maximum absolute atomic E-state index is 13.1. The Morgan fingerprint density at radius 2 is 1.88 bits per heavy atom. The van der Waals surface area contributed by atoms with Crippen LogP contribution in [-0.4, -0.2) is 34.0 Å². The molecule has 32 heavy (non-hydrogen) atoms. The van der Waals surface area contributed by atoms with Crippen LogP contribution >= 0.6 is 11.3 Å². The molecule has 1 aliphatic rings. The number of benzene rings is 1. The van der Waals surface area contributed by atoms with Gasteiger partial charge in [0.25, 0.3) is 5.56 Å². The third-order valence-electron chi connectivity index (χ3n) is 5.73. The molecule has 1 saturated carbocycles. The standard InChI is InChI=1S/C24H26N2O5S/c1-3-30-17-11-9-16(10-12-17)19(27)13-26-14-25-22-20(23(26)28)15(2)21(32-22)24(29)31-18-7-5-4-6-8-18/h9-12,14,18H,3-8,13H2,1-2H3. The van der Waals surface area contributed by atoms with E-state index in [-0.39, 0.29) is 24.0 Å². The zero-order chi connectivity index (χ0) is 22.7. The van der Waals surface area contributed by atoms with Crippen molar-refractivity contribution in [3.05, 3.63) is 57.0 Å². The number of esters is 1. The largest absolute Gasteiger partial charge is 0.494 e. The van der Waals surface area contributed by atoms with Gasteiger partial charge in [0.1, 0.15) is 21.6 Å². The number of ether oxygens (including phenoxy) is 2. The van der Waals surface area contributed by atoms with Gasteiger partial charge in [-0.1, -0.05) is 6.42 Å². The molecule has 7 nitrogen and oxygen atoms in total. The molecule has 0 radical (unpaired) electrons. The number of ketones is 1. The highest BCUT2D eigenvalue weighted by Crippen LogP contribution is 2.29. The topological polar surface area (TPSA) is 87.5 Å². The Bertz CT molecular complexity index is 1190. The van der Waals surface area contributed by atoms with E-state index in [1.807, 2.05) is 6.92 Å². The normalized spacial score (nSPS) is 14.4. The minimum atomic E-state index is -0.395. The average molecular weight is 455 g/mol. The Morgan fingerprint density at radius 1 is 1.16 bits per heavy atom. The average Bonchev–Trinajstić information content (AvgIpc) is 3.14. The van der Waals surface area contributed by atoms with Crippen molar-refractivity contribution in [1.29, 1.82) is 0 Å². The molecule has 2 heterocycles. The van der Waals surface area contributed by atoms with E-state index >= 15 is 0 Å². The molecular formula is C24H26N2O5S. The first-order chi connectivity index (χ1) is 15.5. The second-order valence-electron chi connectivity index (χ2n) is 7.96. The third-order valence-corrected chi connectivity index (χ3v) is 6.91. The highest BCUT2D eigenvalue weighted by molar-refractivity contribution is 7.20. The minimum absolute atomic E-state index is 0.0581. The number of carbonyl (C=O) groups is 2. The number of hydrogen-bond donors (Lipinski definition) is 0. The minimum Gasteiger partial charge on any atom is -0.494 e. The predicted molar refractivity (Wildman–Crippen MR) is 123 cm³/mol. The van der Waals surface area contributed by atoms with Crippen molar-refractivity contribution in [1.82, 2.24) is 9.55 Å². The van der Waals surface area contributed by atoms with Crippen molar-refractivity contribution < 1.29 is 19.1 Å². The summed E-state index contributed by atoms with van der Waals surface area (Å²) in [6, 6.07) is 6.82. The van der Waals surface area contributed by atoms with Crippen LogP contribution in [-0.2, 0) is 11.3 Å². The van der Waals surface area contributed by atoms with E-state index in [1.54, 1.807) is 31.2 Å². The lowest BCUT2D eigenvalue weighted by Gasteiger charge is -2.21. The van der Waals surface area contributed by atoms with Crippen LogP contribution in [0.15, 0.2) is 35.4 Å². The van der Waals surface area contributed by atoms with E-state index in [2.05, 4.69) is 4.98 Å². The van der Waals surface area contributed by atoms with Gasteiger partial charge in [-0.3, -0.25) is 14.2 Å². The maximum atomic E-state index is 13.1. The van der Waals surface area contributed by atoms with Crippen molar-refractivity contribution in [2.24, 2.45) is 0 Å². The number of carbonyl (C=O) groups excluding carboxylic acids is 2. The van der Waals surface area contributed by atoms with E-state index in [4.69, 9.17) is 9.47 Å². The Labute approximate surface area is 190 Å². The van der Waals surface area contributed by atoms with Gasteiger partial charge in [0.2, 0.25) is 0 Å². The second kappa shape index (κ2) is 9.65. The van der Waals surface area contributed by atoms with Gasteiger partial charge < -0.3 is 9.47 Å². The van der Waals surface area contributed by atoms with Crippen LogP contribution in [0.2, 0.25) is 0 Å². The number of hydrogen-bond acceptors (Lipinski definition) is 7. The fourth-order valence-electron chi connectivity index (χ4n) is 4.00. The van der Waals surface area contributed by atoms with Crippen LogP contribution in [0.5, 0.6) is 5.75 Å². The van der Waals surface area contributed by atoms with Crippen LogP contribution in [0.3, 0.4) is 0 Å². The molecule has 0 N–H and O–H groups in total. The Kier molecular flexibility index (Phi) is 6.69. The van der Waals surface area contributed by atoms with E-state index < -0.39 is 5.97 Å². The Balaban J connectivity index is 1.55. The summed E-state index contributed by atoms with van der Waals surface area (Å²) in [7, 11) is 0. The number of Topliss-reactive ketones (excluding diaryl/α,β-unsaturated/α-hetero) is 1. The summed E-state index contributed by atoms with van der Waals surface area (Å²) in [5.41, 5.74) is 0.713. The van der Waals surface area contributed by atoms with Crippen molar-refractivity contribution in [3.63, 3.8) is 0 Å². The van der Waals surface area contributed by atoms with Gasteiger partial charge in [0, 0.05) is 5.56 Å². The molecule has 8 heteroatoms. The van der Waals surface area contributed by atoms with Gasteiger partial charge in [0.15, 0.2) is 5.78 Å². The number of fused-ring (bicyclic) bond motifs is 1. The van der Waals surface area contributed by atoms with Gasteiger partial charge in [-0.05, 0) is 69.4 Å².